The molecule has 0 unspecified atom stereocenters. The van der Waals surface area contributed by atoms with Crippen LogP contribution in [0.2, 0.25) is 0 Å². The molecular weight excluding hydrogens is 512 g/mol. The zero-order valence-electron chi connectivity index (χ0n) is 23.4. The van der Waals surface area contributed by atoms with Gasteiger partial charge < -0.3 is 4.42 Å². The number of aromatic nitrogens is 1. The monoisotopic (exact) mass is 539 g/mol. The maximum Gasteiger partial charge on any atom is 0.216 e. The van der Waals surface area contributed by atoms with Crippen LogP contribution in [-0.2, 0) is 12.5 Å². The van der Waals surface area contributed by atoms with Gasteiger partial charge in [-0.05, 0) is 58.5 Å². The second-order valence-electron chi connectivity index (χ2n) is 11.1. The van der Waals surface area contributed by atoms with Gasteiger partial charge in [0, 0.05) is 28.5 Å². The van der Waals surface area contributed by atoms with Gasteiger partial charge in [-0.15, -0.1) is 0 Å². The number of nitriles is 1. The van der Waals surface area contributed by atoms with Crippen molar-refractivity contribution in [3.05, 3.63) is 161 Å². The molecule has 8 rings (SSSR count). The molecule has 1 aliphatic carbocycles. The number of aryl methyl sites for hydroxylation is 2. The lowest BCUT2D eigenvalue weighted by Crippen LogP contribution is -2.30. The highest BCUT2D eigenvalue weighted by Crippen LogP contribution is 2.58. The fraction of sp³-hybridized carbons (Fsp3) is 0.0769. The zero-order valence-corrected chi connectivity index (χ0v) is 23.4. The third-order valence-corrected chi connectivity index (χ3v) is 8.98. The number of furan rings is 1. The van der Waals surface area contributed by atoms with Gasteiger partial charge in [-0.3, -0.25) is 0 Å². The van der Waals surface area contributed by atoms with Crippen molar-refractivity contribution in [1.82, 2.24) is 0 Å². The van der Waals surface area contributed by atoms with E-state index in [2.05, 4.69) is 134 Å². The fourth-order valence-corrected chi connectivity index (χ4v) is 7.22. The maximum absolute atomic E-state index is 10.7. The highest BCUT2D eigenvalue weighted by Gasteiger charge is 2.49. The molecule has 0 spiro atoms. The van der Waals surface area contributed by atoms with Crippen LogP contribution in [-0.4, -0.2) is 0 Å². The van der Waals surface area contributed by atoms with Gasteiger partial charge >= 0.3 is 0 Å². The van der Waals surface area contributed by atoms with Gasteiger partial charge in [0.2, 0.25) is 5.69 Å². The molecule has 0 bridgehead atoms. The van der Waals surface area contributed by atoms with Crippen LogP contribution in [0.15, 0.2) is 132 Å². The first-order chi connectivity index (χ1) is 20.6. The van der Waals surface area contributed by atoms with Crippen LogP contribution in [0.25, 0.3) is 44.3 Å². The Bertz CT molecular complexity index is 2190. The Balaban J connectivity index is 1.59. The molecule has 5 aromatic carbocycles. The Morgan fingerprint density at radius 1 is 0.667 bits per heavy atom. The summed E-state index contributed by atoms with van der Waals surface area (Å²) in [7, 11) is 2.06. The van der Waals surface area contributed by atoms with E-state index in [1.54, 1.807) is 0 Å². The number of pyridine rings is 1. The fourth-order valence-electron chi connectivity index (χ4n) is 7.22. The summed E-state index contributed by atoms with van der Waals surface area (Å²) >= 11 is 0. The van der Waals surface area contributed by atoms with E-state index in [0.29, 0.717) is 5.56 Å². The minimum atomic E-state index is -0.737. The maximum atomic E-state index is 10.7. The third kappa shape index (κ3) is 3.12. The molecular formula is C39H27N2O+. The van der Waals surface area contributed by atoms with E-state index in [1.807, 2.05) is 18.2 Å². The van der Waals surface area contributed by atoms with Crippen LogP contribution in [0.3, 0.4) is 0 Å². The van der Waals surface area contributed by atoms with Crippen molar-refractivity contribution in [2.24, 2.45) is 7.05 Å². The van der Waals surface area contributed by atoms with E-state index in [4.69, 9.17) is 4.42 Å². The molecule has 0 N–H and O–H groups in total. The van der Waals surface area contributed by atoms with Crippen molar-refractivity contribution in [3.63, 3.8) is 0 Å². The SMILES string of the molecule is Cc1ccc2c(oc3c(C4(c5ccccc5)c5ccccc5-c5ccccc54)c(C#N)ccc32)c1-c1cccc[n+]1C. The van der Waals surface area contributed by atoms with Crippen molar-refractivity contribution < 1.29 is 8.98 Å². The number of hydrogen-bond acceptors (Lipinski definition) is 2. The summed E-state index contributed by atoms with van der Waals surface area (Å²) in [6.07, 6.45) is 2.06. The molecule has 0 amide bonds. The number of hydrogen-bond donors (Lipinski definition) is 0. The molecule has 7 aromatic rings. The van der Waals surface area contributed by atoms with Crippen molar-refractivity contribution >= 4 is 21.9 Å². The highest BCUT2D eigenvalue weighted by atomic mass is 16.3. The number of fused-ring (bicyclic) bond motifs is 6. The topological polar surface area (TPSA) is 40.8 Å². The standard InChI is InChI=1S/C39H27N2O/c1-25-19-21-30-31-22-20-26(24-40)36(38(31)42-37(30)35(25)34-18-10-11-23-41(34)2)39(27-12-4-3-5-13-27)32-16-8-6-14-28(32)29-15-7-9-17-33(29)39/h3-23H,1-2H3/q+1. The Kier molecular flexibility index (Phi) is 5.23. The molecule has 0 fully saturated rings. The lowest BCUT2D eigenvalue weighted by Gasteiger charge is -2.34. The molecule has 42 heavy (non-hydrogen) atoms. The molecule has 2 aromatic heterocycles. The van der Waals surface area contributed by atoms with Crippen LogP contribution in [0.4, 0.5) is 0 Å². The number of nitrogens with zero attached hydrogens (tertiary/aromatic N) is 2. The molecule has 1 aliphatic rings. The lowest BCUT2D eigenvalue weighted by molar-refractivity contribution is -0.660. The van der Waals surface area contributed by atoms with E-state index in [1.165, 1.54) is 11.1 Å². The first-order valence-corrected chi connectivity index (χ1v) is 14.2. The van der Waals surface area contributed by atoms with Crippen LogP contribution < -0.4 is 4.57 Å². The van der Waals surface area contributed by atoms with Gasteiger partial charge in [0.1, 0.15) is 18.2 Å². The minimum Gasteiger partial charge on any atom is -0.455 e. The Morgan fingerprint density at radius 2 is 1.29 bits per heavy atom. The first kappa shape index (κ1) is 24.3. The quantitative estimate of drug-likeness (QED) is 0.211. The average molecular weight is 540 g/mol. The lowest BCUT2D eigenvalue weighted by atomic mass is 9.66. The molecule has 0 saturated heterocycles. The molecule has 0 radical (unpaired) electrons. The summed E-state index contributed by atoms with van der Waals surface area (Å²) < 4.78 is 9.20. The third-order valence-electron chi connectivity index (χ3n) is 8.98. The van der Waals surface area contributed by atoms with E-state index >= 15 is 0 Å². The smallest absolute Gasteiger partial charge is 0.216 e. The van der Waals surface area contributed by atoms with E-state index in [9.17, 15) is 5.26 Å². The van der Waals surface area contributed by atoms with Gasteiger partial charge in [0.25, 0.3) is 0 Å². The van der Waals surface area contributed by atoms with Gasteiger partial charge in [-0.25, -0.2) is 4.57 Å². The van der Waals surface area contributed by atoms with E-state index < -0.39 is 5.41 Å². The summed E-state index contributed by atoms with van der Waals surface area (Å²) in [4.78, 5) is 0. The van der Waals surface area contributed by atoms with Crippen molar-refractivity contribution in [2.75, 3.05) is 0 Å². The molecule has 2 heterocycles. The van der Waals surface area contributed by atoms with Crippen molar-refractivity contribution in [3.8, 4) is 28.5 Å². The summed E-state index contributed by atoms with van der Waals surface area (Å²) in [5.74, 6) is 0. The predicted molar refractivity (Wildman–Crippen MR) is 167 cm³/mol. The second kappa shape index (κ2) is 9.03. The Hall–Kier alpha value is -5.46. The molecule has 3 nitrogen and oxygen atoms in total. The van der Waals surface area contributed by atoms with Gasteiger partial charge in [-0.1, -0.05) is 91.0 Å². The summed E-state index contributed by atoms with van der Waals surface area (Å²) in [5.41, 5.74) is 11.4. The molecule has 198 valence electrons. The second-order valence-corrected chi connectivity index (χ2v) is 11.1. The summed E-state index contributed by atoms with van der Waals surface area (Å²) in [6, 6.07) is 44.9. The predicted octanol–water partition coefficient (Wildman–Crippen LogP) is 8.62. The molecule has 0 saturated carbocycles. The van der Waals surface area contributed by atoms with Gasteiger partial charge in [-0.2, -0.15) is 5.26 Å². The molecule has 0 atom stereocenters. The van der Waals surface area contributed by atoms with Crippen LogP contribution in [0, 0.1) is 18.3 Å². The highest BCUT2D eigenvalue weighted by molar-refractivity contribution is 6.12. The van der Waals surface area contributed by atoms with Gasteiger partial charge in [0.05, 0.1) is 22.6 Å². The normalized spacial score (nSPS) is 13.2. The molecule has 0 aliphatic heterocycles. The molecule has 3 heteroatoms. The van der Waals surface area contributed by atoms with E-state index in [0.717, 1.165) is 61.0 Å². The summed E-state index contributed by atoms with van der Waals surface area (Å²) in [5, 5.41) is 12.7. The first-order valence-electron chi connectivity index (χ1n) is 14.2. The van der Waals surface area contributed by atoms with Crippen LogP contribution in [0.5, 0.6) is 0 Å². The minimum absolute atomic E-state index is 0.612. The van der Waals surface area contributed by atoms with Crippen LogP contribution >= 0.6 is 0 Å². The number of rotatable bonds is 3. The largest absolute Gasteiger partial charge is 0.455 e. The van der Waals surface area contributed by atoms with Gasteiger partial charge in [0.15, 0.2) is 6.20 Å². The van der Waals surface area contributed by atoms with E-state index in [-0.39, 0.29) is 0 Å². The Labute approximate surface area is 244 Å². The summed E-state index contributed by atoms with van der Waals surface area (Å²) in [6.45, 7) is 2.13. The van der Waals surface area contributed by atoms with Crippen LogP contribution in [0.1, 0.15) is 33.4 Å². The Morgan fingerprint density at radius 3 is 1.98 bits per heavy atom. The van der Waals surface area contributed by atoms with Crippen molar-refractivity contribution in [2.45, 2.75) is 12.3 Å². The zero-order chi connectivity index (χ0) is 28.4. The average Bonchev–Trinajstić information content (AvgIpc) is 3.55. The number of benzene rings is 5. The van der Waals surface area contributed by atoms with Crippen molar-refractivity contribution in [1.29, 1.82) is 5.26 Å².